The van der Waals surface area contributed by atoms with E-state index in [9.17, 15) is 14.9 Å². The summed E-state index contributed by atoms with van der Waals surface area (Å²) in [4.78, 5) is 24.9. The Morgan fingerprint density at radius 2 is 2.19 bits per heavy atom. The van der Waals surface area contributed by atoms with Crippen molar-refractivity contribution in [1.82, 2.24) is 4.90 Å². The Bertz CT molecular complexity index is 824. The van der Waals surface area contributed by atoms with Gasteiger partial charge in [0.05, 0.1) is 25.3 Å². The average molecular weight is 446 g/mol. The molecule has 0 atom stereocenters. The minimum absolute atomic E-state index is 0.0188. The van der Waals surface area contributed by atoms with Gasteiger partial charge < -0.3 is 24.5 Å². The van der Waals surface area contributed by atoms with Gasteiger partial charge in [-0.1, -0.05) is 37.0 Å². The quantitative estimate of drug-likeness (QED) is 0.319. The zero-order valence-corrected chi connectivity index (χ0v) is 19.1. The lowest BCUT2D eigenvalue weighted by atomic mass is 10.0. The van der Waals surface area contributed by atoms with E-state index in [4.69, 9.17) is 9.47 Å². The van der Waals surface area contributed by atoms with Gasteiger partial charge >= 0.3 is 0 Å². The lowest BCUT2D eigenvalue weighted by Gasteiger charge is -2.26. The predicted octanol–water partition coefficient (Wildman–Crippen LogP) is 3.47. The summed E-state index contributed by atoms with van der Waals surface area (Å²) in [5.74, 6) is -0.0188. The number of carbonyl (C=O) groups excluding carboxylic acids is 2. The van der Waals surface area contributed by atoms with Gasteiger partial charge in [-0.3, -0.25) is 4.79 Å². The average Bonchev–Trinajstić information content (AvgIpc) is 3.16. The van der Waals surface area contributed by atoms with Crippen LogP contribution in [0.2, 0.25) is 0 Å². The van der Waals surface area contributed by atoms with Crippen LogP contribution in [0.15, 0.2) is 37.0 Å². The highest BCUT2D eigenvalue weighted by atomic mass is 32.1. The zero-order valence-electron chi connectivity index (χ0n) is 18.3. The summed E-state index contributed by atoms with van der Waals surface area (Å²) in [5.41, 5.74) is 2.77. The zero-order chi connectivity index (χ0) is 23.1. The van der Waals surface area contributed by atoms with Crippen molar-refractivity contribution in [2.75, 3.05) is 45.8 Å². The molecule has 0 saturated heterocycles. The number of carbonyl (C=O) groups is 2. The number of nitrogens with one attached hydrogen (secondary N) is 1. The molecule has 1 aliphatic rings. The number of aldehydes is 1. The number of ether oxygens (including phenoxy) is 2. The molecule has 0 spiro atoms. The lowest BCUT2D eigenvalue weighted by Crippen LogP contribution is -2.38. The van der Waals surface area contributed by atoms with Crippen molar-refractivity contribution in [2.45, 2.75) is 25.8 Å². The summed E-state index contributed by atoms with van der Waals surface area (Å²) in [6.45, 7) is 9.43. The van der Waals surface area contributed by atoms with E-state index in [2.05, 4.69) is 24.5 Å². The van der Waals surface area contributed by atoms with Crippen molar-refractivity contribution in [3.05, 3.63) is 53.0 Å². The van der Waals surface area contributed by atoms with E-state index >= 15 is 0 Å². The first-order valence-electron chi connectivity index (χ1n) is 9.99. The van der Waals surface area contributed by atoms with Crippen molar-refractivity contribution < 1.29 is 19.1 Å². The van der Waals surface area contributed by atoms with Gasteiger partial charge in [0.25, 0.3) is 0 Å². The largest absolute Gasteiger partial charge is 0.382 e. The monoisotopic (exact) mass is 445 g/mol. The van der Waals surface area contributed by atoms with E-state index < -0.39 is 0 Å². The molecule has 0 radical (unpaired) electrons. The number of hydrogen-bond donors (Lipinski definition) is 1. The standard InChI is InChI=1S/C14H19N3O3S.C9H12O/c1-16-14-11(7-15)10-3-4-17(8-12(10)21-14)13(18)9-20-6-5-19-2;1-3-4-6-9(2)7-5-8-10/h16H,3-6,8-9H2,1-2H3;3-4,6,8H,1-2,5,7H2/b;6-4-. The third kappa shape index (κ3) is 8.89. The maximum atomic E-state index is 12.1. The fourth-order valence-corrected chi connectivity index (χ4v) is 4.00. The van der Waals surface area contributed by atoms with E-state index in [0.717, 1.165) is 45.7 Å². The molecule has 31 heavy (non-hydrogen) atoms. The summed E-state index contributed by atoms with van der Waals surface area (Å²) in [6.07, 6.45) is 8.27. The van der Waals surface area contributed by atoms with Crippen LogP contribution in [-0.2, 0) is 32.0 Å². The number of thiophene rings is 1. The van der Waals surface area contributed by atoms with Crippen LogP contribution in [-0.4, -0.2) is 57.6 Å². The summed E-state index contributed by atoms with van der Waals surface area (Å²) >= 11 is 1.55. The molecule has 1 N–H and O–H groups in total. The fraction of sp³-hybridized carbons (Fsp3) is 0.435. The lowest BCUT2D eigenvalue weighted by molar-refractivity contribution is -0.137. The number of fused-ring (bicyclic) bond motifs is 1. The number of methoxy groups -OCH3 is 1. The smallest absolute Gasteiger partial charge is 0.248 e. The number of nitriles is 1. The van der Waals surface area contributed by atoms with Crippen LogP contribution < -0.4 is 5.32 Å². The molecule has 2 heterocycles. The summed E-state index contributed by atoms with van der Waals surface area (Å²) in [7, 11) is 3.41. The number of amides is 1. The van der Waals surface area contributed by atoms with Gasteiger partial charge in [0, 0.05) is 32.0 Å². The Labute approximate surface area is 188 Å². The molecule has 1 aromatic rings. The number of allylic oxidation sites excluding steroid dienone is 4. The molecule has 0 unspecified atom stereocenters. The molecule has 7 nitrogen and oxygen atoms in total. The second kappa shape index (κ2) is 15.1. The van der Waals surface area contributed by atoms with Crippen molar-refractivity contribution in [3.63, 3.8) is 0 Å². The molecule has 0 saturated carbocycles. The van der Waals surface area contributed by atoms with Gasteiger partial charge in [-0.25, -0.2) is 0 Å². The molecule has 0 bridgehead atoms. The van der Waals surface area contributed by atoms with Gasteiger partial charge in [-0.2, -0.15) is 5.26 Å². The Hall–Kier alpha value is -2.73. The second-order valence-corrected chi connectivity index (χ2v) is 7.74. The molecule has 0 aliphatic carbocycles. The SMILES string of the molecule is C=C/C=C\C(=C)CCC=O.CNc1sc2c(c1C#N)CCN(C(=O)COCCOC)C2. The minimum atomic E-state index is -0.0188. The molecular weight excluding hydrogens is 414 g/mol. The molecule has 168 valence electrons. The molecule has 2 rings (SSSR count). The topological polar surface area (TPSA) is 91.7 Å². The molecule has 0 aromatic carbocycles. The van der Waals surface area contributed by atoms with Crippen LogP contribution in [0.5, 0.6) is 0 Å². The van der Waals surface area contributed by atoms with Crippen molar-refractivity contribution >= 4 is 28.5 Å². The van der Waals surface area contributed by atoms with E-state index in [-0.39, 0.29) is 12.5 Å². The maximum absolute atomic E-state index is 12.1. The number of rotatable bonds is 11. The highest BCUT2D eigenvalue weighted by Crippen LogP contribution is 2.36. The molecule has 1 amide bonds. The Morgan fingerprint density at radius 3 is 2.81 bits per heavy atom. The predicted molar refractivity (Wildman–Crippen MR) is 124 cm³/mol. The van der Waals surface area contributed by atoms with Crippen molar-refractivity contribution in [2.24, 2.45) is 0 Å². The Kier molecular flexibility index (Phi) is 12.8. The summed E-state index contributed by atoms with van der Waals surface area (Å²) in [5, 5.41) is 13.2. The minimum Gasteiger partial charge on any atom is -0.382 e. The second-order valence-electron chi connectivity index (χ2n) is 6.64. The van der Waals surface area contributed by atoms with Crippen molar-refractivity contribution in [3.8, 4) is 6.07 Å². The van der Waals surface area contributed by atoms with Crippen LogP contribution in [0.25, 0.3) is 0 Å². The Balaban J connectivity index is 0.000000407. The first-order chi connectivity index (χ1) is 15.0. The molecule has 1 aliphatic heterocycles. The van der Waals surface area contributed by atoms with Crippen LogP contribution in [0.4, 0.5) is 5.00 Å². The van der Waals surface area contributed by atoms with Gasteiger partial charge in [-0.05, 0) is 18.4 Å². The molecule has 1 aromatic heterocycles. The fourth-order valence-electron chi connectivity index (χ4n) is 2.84. The third-order valence-electron chi connectivity index (χ3n) is 4.46. The van der Waals surface area contributed by atoms with Crippen LogP contribution >= 0.6 is 11.3 Å². The van der Waals surface area contributed by atoms with Crippen LogP contribution in [0, 0.1) is 11.3 Å². The maximum Gasteiger partial charge on any atom is 0.248 e. The number of anilines is 1. The molecule has 8 heteroatoms. The first kappa shape index (κ1) is 26.3. The van der Waals surface area contributed by atoms with E-state index in [1.807, 2.05) is 19.2 Å². The highest BCUT2D eigenvalue weighted by molar-refractivity contribution is 7.16. The summed E-state index contributed by atoms with van der Waals surface area (Å²) in [6, 6.07) is 2.25. The van der Waals surface area contributed by atoms with Gasteiger partial charge in [0.1, 0.15) is 24.0 Å². The van der Waals surface area contributed by atoms with E-state index in [1.54, 1.807) is 29.4 Å². The first-order valence-corrected chi connectivity index (χ1v) is 10.8. The van der Waals surface area contributed by atoms with E-state index in [0.29, 0.717) is 32.7 Å². The van der Waals surface area contributed by atoms with Gasteiger partial charge in [0.2, 0.25) is 5.91 Å². The van der Waals surface area contributed by atoms with Crippen LogP contribution in [0.3, 0.4) is 0 Å². The highest BCUT2D eigenvalue weighted by Gasteiger charge is 2.26. The molecule has 0 fully saturated rings. The van der Waals surface area contributed by atoms with Gasteiger partial charge in [0.15, 0.2) is 0 Å². The normalized spacial score (nSPS) is 12.4. The van der Waals surface area contributed by atoms with E-state index in [1.165, 1.54) is 0 Å². The van der Waals surface area contributed by atoms with Crippen LogP contribution in [0.1, 0.15) is 28.8 Å². The Morgan fingerprint density at radius 1 is 1.42 bits per heavy atom. The number of hydrogen-bond acceptors (Lipinski definition) is 7. The molecular formula is C23H31N3O4S. The van der Waals surface area contributed by atoms with Crippen molar-refractivity contribution in [1.29, 1.82) is 5.26 Å². The number of nitrogens with zero attached hydrogens (tertiary/aromatic N) is 2. The summed E-state index contributed by atoms with van der Waals surface area (Å²) < 4.78 is 10.1. The van der Waals surface area contributed by atoms with Gasteiger partial charge in [-0.15, -0.1) is 11.3 Å². The third-order valence-corrected chi connectivity index (χ3v) is 5.69.